The summed E-state index contributed by atoms with van der Waals surface area (Å²) in [4.78, 5) is 58.4. The predicted octanol–water partition coefficient (Wildman–Crippen LogP) is -0.548. The third kappa shape index (κ3) is 5.29. The van der Waals surface area contributed by atoms with Gasteiger partial charge in [-0.25, -0.2) is 14.2 Å². The first-order valence-electron chi connectivity index (χ1n) is 10.5. The summed E-state index contributed by atoms with van der Waals surface area (Å²) in [5, 5.41) is 24.5. The molecule has 1 saturated heterocycles. The Morgan fingerprint density at radius 1 is 1.32 bits per heavy atom. The largest absolute Gasteiger partial charge is 0.478 e. The van der Waals surface area contributed by atoms with E-state index in [9.17, 15) is 24.3 Å². The normalized spacial score (nSPS) is 19.4. The Bertz CT molecular complexity index is 1350. The van der Waals surface area contributed by atoms with E-state index in [1.165, 1.54) is 31.0 Å². The van der Waals surface area contributed by atoms with Crippen LogP contribution in [0.1, 0.15) is 16.2 Å². The third-order valence-corrected chi connectivity index (χ3v) is 7.16. The van der Waals surface area contributed by atoms with Gasteiger partial charge in [0.15, 0.2) is 24.1 Å². The van der Waals surface area contributed by atoms with Crippen LogP contribution in [0, 0.1) is 0 Å². The van der Waals surface area contributed by atoms with Gasteiger partial charge in [-0.05, 0) is 11.6 Å². The van der Waals surface area contributed by atoms with Gasteiger partial charge < -0.3 is 26.1 Å². The van der Waals surface area contributed by atoms with Crippen molar-refractivity contribution < 1.29 is 38.8 Å². The minimum atomic E-state index is -1.27. The van der Waals surface area contributed by atoms with E-state index in [4.69, 9.17) is 15.7 Å². The molecule has 4 rings (SSSR count). The van der Waals surface area contributed by atoms with Crippen molar-refractivity contribution in [1.29, 1.82) is 0 Å². The zero-order valence-corrected chi connectivity index (χ0v) is 20.7. The number of β-lactam (4-membered cyclic amide) rings is 1. The summed E-state index contributed by atoms with van der Waals surface area (Å²) in [5.41, 5.74) is 5.71. The lowest BCUT2D eigenvalue weighted by molar-refractivity contribution is -0.687. The number of nitrogens with two attached hydrogens (primary N) is 1. The summed E-state index contributed by atoms with van der Waals surface area (Å²) in [6.45, 7) is 0.355. The van der Waals surface area contributed by atoms with Crippen molar-refractivity contribution in [3.63, 3.8) is 0 Å². The number of anilines is 1. The number of carbonyl (C=O) groups is 4. The van der Waals surface area contributed by atoms with E-state index in [0.717, 1.165) is 16.4 Å². The number of nitrogens with one attached hydrogen (secondary N) is 1. The number of amides is 2. The minimum absolute atomic E-state index is 0.0595. The predicted molar refractivity (Wildman–Crippen MR) is 130 cm³/mol. The Hall–Kier alpha value is -4.31. The third-order valence-electron chi connectivity index (χ3n) is 5.31. The van der Waals surface area contributed by atoms with Crippen LogP contribution in [0.15, 0.2) is 53.1 Å². The first kappa shape index (κ1) is 25.8. The van der Waals surface area contributed by atoms with Crippen molar-refractivity contribution in [3.05, 3.63) is 59.3 Å². The molecule has 2 aliphatic rings. The molecule has 0 radical (unpaired) electrons. The number of carbonyl (C=O) groups excluding carboxylic acids is 2. The molecule has 2 aliphatic heterocycles. The van der Waals surface area contributed by atoms with Crippen LogP contribution in [-0.2, 0) is 25.8 Å². The van der Waals surface area contributed by atoms with Crippen LogP contribution in [0.25, 0.3) is 0 Å². The van der Waals surface area contributed by atoms with Gasteiger partial charge in [0.25, 0.3) is 11.8 Å². The molecule has 0 aromatic carbocycles. The minimum Gasteiger partial charge on any atom is -0.478 e. The van der Waals surface area contributed by atoms with E-state index >= 15 is 0 Å². The Morgan fingerprint density at radius 3 is 2.65 bits per heavy atom. The number of rotatable bonds is 9. The summed E-state index contributed by atoms with van der Waals surface area (Å²) in [7, 11) is 1.23. The van der Waals surface area contributed by atoms with Gasteiger partial charge in [-0.3, -0.25) is 14.5 Å². The molecule has 37 heavy (non-hydrogen) atoms. The van der Waals surface area contributed by atoms with Gasteiger partial charge in [0, 0.05) is 29.4 Å². The van der Waals surface area contributed by atoms with Gasteiger partial charge in [-0.2, -0.15) is 9.36 Å². The van der Waals surface area contributed by atoms with Crippen molar-refractivity contribution >= 4 is 57.9 Å². The molecule has 2 aromatic rings. The van der Waals surface area contributed by atoms with Crippen LogP contribution in [-0.4, -0.2) is 78.2 Å². The summed E-state index contributed by atoms with van der Waals surface area (Å²) in [6.07, 6.45) is 6.51. The van der Waals surface area contributed by atoms with E-state index in [1.54, 1.807) is 29.1 Å². The molecular weight excluding hydrogens is 526 g/mol. The summed E-state index contributed by atoms with van der Waals surface area (Å²) in [6, 6.07) is 1.92. The highest BCUT2D eigenvalue weighted by atomic mass is 32.2. The SMILES string of the molecule is CON=C(C(=O)NC1C(=O)N2C(C(=O)O)=C(C=CC[n+]3ccc(C(=O)O)cc3)CS[C@H]12)c1nsc(N)n1. The van der Waals surface area contributed by atoms with Crippen molar-refractivity contribution in [1.82, 2.24) is 19.6 Å². The van der Waals surface area contributed by atoms with E-state index in [2.05, 4.69) is 19.8 Å². The number of aliphatic carboxylic acids is 1. The number of nitrogens with zero attached hydrogens (tertiary/aromatic N) is 5. The van der Waals surface area contributed by atoms with Gasteiger partial charge in [-0.15, -0.1) is 11.8 Å². The maximum absolute atomic E-state index is 12.9. The second-order valence-corrected chi connectivity index (χ2v) is 9.50. The number of hydrogen-bond acceptors (Lipinski definition) is 11. The number of hydrogen-bond donors (Lipinski definition) is 4. The summed E-state index contributed by atoms with van der Waals surface area (Å²) < 4.78 is 5.64. The highest BCUT2D eigenvalue weighted by Gasteiger charge is 2.54. The fourth-order valence-corrected chi connectivity index (χ4v) is 5.38. The fourth-order valence-electron chi connectivity index (χ4n) is 3.63. The maximum Gasteiger partial charge on any atom is 0.352 e. The van der Waals surface area contributed by atoms with Crippen molar-refractivity contribution in [2.24, 2.45) is 5.16 Å². The highest BCUT2D eigenvalue weighted by Crippen LogP contribution is 2.40. The smallest absolute Gasteiger partial charge is 0.352 e. The zero-order chi connectivity index (χ0) is 26.7. The number of nitrogen functional groups attached to an aromatic ring is 1. The lowest BCUT2D eigenvalue weighted by Crippen LogP contribution is -2.71. The van der Waals surface area contributed by atoms with Gasteiger partial charge in [0.2, 0.25) is 11.5 Å². The van der Waals surface area contributed by atoms with Gasteiger partial charge >= 0.3 is 11.9 Å². The van der Waals surface area contributed by atoms with Crippen LogP contribution in [0.3, 0.4) is 0 Å². The Balaban J connectivity index is 1.47. The standard InChI is InChI=1S/C21H19N7O7S2/c1-35-25-12(15-24-21(22)37-26-15)16(29)23-13-17(30)28-14(20(33)34)11(9-36-18(13)28)3-2-6-27-7-4-10(5-8-27)19(31)32/h2-5,7-8,13,18H,6,9H2,1H3,(H4-,22,23,24,26,29,31,32,33,34)/p+1/t13?,18-/m1/s1. The number of carboxylic acids is 2. The number of aromatic nitrogens is 3. The molecule has 2 amide bonds. The number of thioether (sulfide) groups is 1. The number of pyridine rings is 1. The average molecular weight is 547 g/mol. The monoisotopic (exact) mass is 546 g/mol. The summed E-state index contributed by atoms with van der Waals surface area (Å²) >= 11 is 2.16. The first-order chi connectivity index (χ1) is 17.7. The number of oxime groups is 1. The number of carboxylic acid groups (broad SMARTS) is 2. The molecule has 14 nitrogen and oxygen atoms in total. The van der Waals surface area contributed by atoms with Crippen LogP contribution in [0.4, 0.5) is 5.13 Å². The lowest BCUT2D eigenvalue weighted by atomic mass is 10.0. The molecular formula is C21H20N7O7S2+. The van der Waals surface area contributed by atoms with Gasteiger partial charge in [-0.1, -0.05) is 11.2 Å². The zero-order valence-electron chi connectivity index (χ0n) is 19.1. The molecule has 0 aliphatic carbocycles. The number of allylic oxidation sites excluding steroid dienone is 2. The molecule has 2 aromatic heterocycles. The molecule has 192 valence electrons. The molecule has 2 atom stereocenters. The number of fused-ring (bicyclic) bond motifs is 1. The quantitative estimate of drug-likeness (QED) is 0.136. The van der Waals surface area contributed by atoms with E-state index in [1.807, 2.05) is 0 Å². The molecule has 0 bridgehead atoms. The van der Waals surface area contributed by atoms with Gasteiger partial charge in [0.1, 0.15) is 24.2 Å². The first-order valence-corrected chi connectivity index (χ1v) is 12.3. The van der Waals surface area contributed by atoms with Crippen molar-refractivity contribution in [3.8, 4) is 0 Å². The van der Waals surface area contributed by atoms with Crippen LogP contribution >= 0.6 is 23.3 Å². The van der Waals surface area contributed by atoms with E-state index < -0.39 is 35.2 Å². The molecule has 5 N–H and O–H groups in total. The van der Waals surface area contributed by atoms with E-state index in [-0.39, 0.29) is 33.7 Å². The second-order valence-electron chi connectivity index (χ2n) is 7.61. The Labute approximate surface area is 217 Å². The Morgan fingerprint density at radius 2 is 2.05 bits per heavy atom. The molecule has 1 fully saturated rings. The maximum atomic E-state index is 12.9. The second kappa shape index (κ2) is 10.8. The van der Waals surface area contributed by atoms with E-state index in [0.29, 0.717) is 12.1 Å². The number of aromatic carboxylic acids is 1. The topological polar surface area (TPSA) is 201 Å². The fraction of sp³-hybridized carbons (Fsp3) is 0.238. The molecule has 0 spiro atoms. The average Bonchev–Trinajstić information content (AvgIpc) is 3.31. The van der Waals surface area contributed by atoms with Crippen LogP contribution in [0.2, 0.25) is 0 Å². The van der Waals surface area contributed by atoms with Crippen LogP contribution < -0.4 is 15.6 Å². The Kier molecular flexibility index (Phi) is 7.49. The molecule has 1 unspecified atom stereocenters. The van der Waals surface area contributed by atoms with Crippen molar-refractivity contribution in [2.45, 2.75) is 18.0 Å². The van der Waals surface area contributed by atoms with Crippen molar-refractivity contribution in [2.75, 3.05) is 18.6 Å². The van der Waals surface area contributed by atoms with Gasteiger partial charge in [0.05, 0.1) is 5.56 Å². The molecule has 0 saturated carbocycles. The molecule has 16 heteroatoms. The highest BCUT2D eigenvalue weighted by molar-refractivity contribution is 8.00. The molecule has 4 heterocycles. The van der Waals surface area contributed by atoms with Crippen LogP contribution in [0.5, 0.6) is 0 Å². The lowest BCUT2D eigenvalue weighted by Gasteiger charge is -2.49. The summed E-state index contributed by atoms with van der Waals surface area (Å²) in [5.74, 6) is -3.44.